The smallest absolute Gasteiger partial charge is 0.325 e. The van der Waals surface area contributed by atoms with E-state index in [9.17, 15) is 9.59 Å². The first kappa shape index (κ1) is 14.8. The Labute approximate surface area is 111 Å². The van der Waals surface area contributed by atoms with E-state index >= 15 is 0 Å². The Bertz CT molecular complexity index is 472. The van der Waals surface area contributed by atoms with Crippen molar-refractivity contribution in [2.45, 2.75) is 19.9 Å². The number of carboxylic acids is 1. The largest absolute Gasteiger partial charge is 0.496 e. The zero-order chi connectivity index (χ0) is 14.4. The molecule has 0 spiro atoms. The first-order valence-electron chi connectivity index (χ1n) is 5.73. The van der Waals surface area contributed by atoms with Gasteiger partial charge in [-0.25, -0.2) is 0 Å². The highest BCUT2D eigenvalue weighted by molar-refractivity contribution is 5.84. The van der Waals surface area contributed by atoms with Gasteiger partial charge in [0.15, 0.2) is 6.61 Å². The Hall–Kier alpha value is -2.24. The molecule has 1 aromatic rings. The van der Waals surface area contributed by atoms with Gasteiger partial charge in [0.2, 0.25) is 0 Å². The second kappa shape index (κ2) is 6.63. The Morgan fingerprint density at radius 3 is 2.63 bits per heavy atom. The van der Waals surface area contributed by atoms with Crippen LogP contribution in [0.4, 0.5) is 0 Å². The van der Waals surface area contributed by atoms with Gasteiger partial charge in [-0.1, -0.05) is 0 Å². The van der Waals surface area contributed by atoms with Gasteiger partial charge in [-0.05, 0) is 37.6 Å². The first-order valence-corrected chi connectivity index (χ1v) is 5.73. The number of aliphatic carboxylic acids is 1. The molecule has 0 aromatic heterocycles. The van der Waals surface area contributed by atoms with Gasteiger partial charge in [0.05, 0.1) is 7.11 Å². The number of benzene rings is 1. The van der Waals surface area contributed by atoms with Crippen LogP contribution in [-0.2, 0) is 9.59 Å². The summed E-state index contributed by atoms with van der Waals surface area (Å²) >= 11 is 0. The molecule has 1 rings (SSSR count). The molecular weight excluding hydrogens is 250 g/mol. The summed E-state index contributed by atoms with van der Waals surface area (Å²) in [5.74, 6) is -0.315. The maximum Gasteiger partial charge on any atom is 0.325 e. The van der Waals surface area contributed by atoms with E-state index in [1.807, 2.05) is 6.92 Å². The van der Waals surface area contributed by atoms with E-state index in [1.54, 1.807) is 25.3 Å². The van der Waals surface area contributed by atoms with Crippen LogP contribution in [0.1, 0.15) is 12.5 Å². The van der Waals surface area contributed by atoms with Crippen molar-refractivity contribution < 1.29 is 24.2 Å². The van der Waals surface area contributed by atoms with Crippen LogP contribution >= 0.6 is 0 Å². The second-order valence-electron chi connectivity index (χ2n) is 4.05. The number of carbonyl (C=O) groups excluding carboxylic acids is 1. The number of hydrogen-bond acceptors (Lipinski definition) is 4. The fraction of sp³-hybridized carbons (Fsp3) is 0.385. The third-order valence-electron chi connectivity index (χ3n) is 2.48. The van der Waals surface area contributed by atoms with E-state index in [0.29, 0.717) is 5.75 Å². The van der Waals surface area contributed by atoms with Gasteiger partial charge < -0.3 is 19.9 Å². The predicted molar refractivity (Wildman–Crippen MR) is 68.5 cm³/mol. The summed E-state index contributed by atoms with van der Waals surface area (Å²) in [6, 6.07) is 4.23. The van der Waals surface area contributed by atoms with Gasteiger partial charge in [-0.3, -0.25) is 9.59 Å². The number of methoxy groups -OCH3 is 1. The molecule has 1 aromatic carbocycles. The normalized spacial score (nSPS) is 11.5. The molecule has 6 heteroatoms. The standard InChI is InChI=1S/C13H17NO5/c1-8-6-10(4-5-11(8)18-3)19-7-12(15)14-9(2)13(16)17/h4-6,9H,7H2,1-3H3,(H,14,15)(H,16,17)/t9-/m1/s1. The van der Waals surface area contributed by atoms with Crippen LogP contribution in [0.5, 0.6) is 11.5 Å². The fourth-order valence-electron chi connectivity index (χ4n) is 1.43. The molecule has 2 N–H and O–H groups in total. The van der Waals surface area contributed by atoms with E-state index in [-0.39, 0.29) is 6.61 Å². The lowest BCUT2D eigenvalue weighted by Gasteiger charge is -2.11. The molecule has 0 bridgehead atoms. The molecular formula is C13H17NO5. The van der Waals surface area contributed by atoms with Crippen LogP contribution < -0.4 is 14.8 Å². The minimum absolute atomic E-state index is 0.233. The zero-order valence-corrected chi connectivity index (χ0v) is 11.1. The number of carbonyl (C=O) groups is 2. The quantitative estimate of drug-likeness (QED) is 0.802. The number of hydrogen-bond donors (Lipinski definition) is 2. The molecule has 0 heterocycles. The van der Waals surface area contributed by atoms with E-state index in [2.05, 4.69) is 5.32 Å². The van der Waals surface area contributed by atoms with Crippen LogP contribution in [-0.4, -0.2) is 36.7 Å². The number of nitrogens with one attached hydrogen (secondary N) is 1. The van der Waals surface area contributed by atoms with Crippen LogP contribution in [0.2, 0.25) is 0 Å². The summed E-state index contributed by atoms with van der Waals surface area (Å²) in [4.78, 5) is 22.0. The van der Waals surface area contributed by atoms with Crippen molar-refractivity contribution in [2.75, 3.05) is 13.7 Å². The highest BCUT2D eigenvalue weighted by Gasteiger charge is 2.14. The average Bonchev–Trinajstić information content (AvgIpc) is 2.36. The monoisotopic (exact) mass is 267 g/mol. The Kier molecular flexibility index (Phi) is 5.17. The molecule has 6 nitrogen and oxygen atoms in total. The fourth-order valence-corrected chi connectivity index (χ4v) is 1.43. The third-order valence-corrected chi connectivity index (χ3v) is 2.48. The molecule has 1 atom stereocenters. The molecule has 19 heavy (non-hydrogen) atoms. The topological polar surface area (TPSA) is 84.9 Å². The maximum atomic E-state index is 11.4. The molecule has 0 fully saturated rings. The number of rotatable bonds is 6. The summed E-state index contributed by atoms with van der Waals surface area (Å²) in [7, 11) is 1.57. The van der Waals surface area contributed by atoms with Crippen LogP contribution in [0, 0.1) is 6.92 Å². The maximum absolute atomic E-state index is 11.4. The molecule has 0 saturated heterocycles. The minimum Gasteiger partial charge on any atom is -0.496 e. The van der Waals surface area contributed by atoms with Crippen molar-refractivity contribution >= 4 is 11.9 Å². The summed E-state index contributed by atoms with van der Waals surface area (Å²) in [5, 5.41) is 10.9. The van der Waals surface area contributed by atoms with E-state index in [4.69, 9.17) is 14.6 Å². The molecule has 0 aliphatic heterocycles. The van der Waals surface area contributed by atoms with Crippen molar-refractivity contribution in [3.63, 3.8) is 0 Å². The second-order valence-corrected chi connectivity index (χ2v) is 4.05. The SMILES string of the molecule is COc1ccc(OCC(=O)N[C@H](C)C(=O)O)cc1C. The van der Waals surface area contributed by atoms with Crippen molar-refractivity contribution in [1.29, 1.82) is 0 Å². The van der Waals surface area contributed by atoms with Crippen LogP contribution in [0.15, 0.2) is 18.2 Å². The zero-order valence-electron chi connectivity index (χ0n) is 11.1. The van der Waals surface area contributed by atoms with Crippen molar-refractivity contribution in [2.24, 2.45) is 0 Å². The van der Waals surface area contributed by atoms with Crippen molar-refractivity contribution in [3.8, 4) is 11.5 Å². The summed E-state index contributed by atoms with van der Waals surface area (Å²) in [5.41, 5.74) is 0.888. The lowest BCUT2D eigenvalue weighted by molar-refractivity contribution is -0.141. The van der Waals surface area contributed by atoms with E-state index < -0.39 is 17.9 Å². The van der Waals surface area contributed by atoms with Crippen LogP contribution in [0.25, 0.3) is 0 Å². The third kappa shape index (κ3) is 4.50. The van der Waals surface area contributed by atoms with Crippen molar-refractivity contribution in [1.82, 2.24) is 5.32 Å². The first-order chi connectivity index (χ1) is 8.93. The highest BCUT2D eigenvalue weighted by Crippen LogP contribution is 2.22. The van der Waals surface area contributed by atoms with Gasteiger partial charge in [-0.15, -0.1) is 0 Å². The Morgan fingerprint density at radius 1 is 1.42 bits per heavy atom. The molecule has 0 aliphatic rings. The Morgan fingerprint density at radius 2 is 2.11 bits per heavy atom. The number of amides is 1. The van der Waals surface area contributed by atoms with Crippen LogP contribution in [0.3, 0.4) is 0 Å². The van der Waals surface area contributed by atoms with Gasteiger partial charge >= 0.3 is 5.97 Å². The highest BCUT2D eigenvalue weighted by atomic mass is 16.5. The molecule has 0 radical (unpaired) electrons. The van der Waals surface area contributed by atoms with E-state index in [1.165, 1.54) is 6.92 Å². The van der Waals surface area contributed by atoms with Gasteiger partial charge in [0.1, 0.15) is 17.5 Å². The molecule has 0 unspecified atom stereocenters. The molecule has 0 saturated carbocycles. The number of carboxylic acid groups (broad SMARTS) is 1. The molecule has 104 valence electrons. The number of aryl methyl sites for hydroxylation is 1. The minimum atomic E-state index is -1.09. The van der Waals surface area contributed by atoms with Crippen molar-refractivity contribution in [3.05, 3.63) is 23.8 Å². The van der Waals surface area contributed by atoms with Gasteiger partial charge in [-0.2, -0.15) is 0 Å². The lowest BCUT2D eigenvalue weighted by Crippen LogP contribution is -2.40. The molecule has 0 aliphatic carbocycles. The van der Waals surface area contributed by atoms with Gasteiger partial charge in [0, 0.05) is 0 Å². The Balaban J connectivity index is 2.50. The number of ether oxygens (including phenoxy) is 2. The predicted octanol–water partition coefficient (Wildman–Crippen LogP) is 0.972. The van der Waals surface area contributed by atoms with Gasteiger partial charge in [0.25, 0.3) is 5.91 Å². The summed E-state index contributed by atoms with van der Waals surface area (Å²) in [6.45, 7) is 3.01. The average molecular weight is 267 g/mol. The van der Waals surface area contributed by atoms with E-state index in [0.717, 1.165) is 11.3 Å². The summed E-state index contributed by atoms with van der Waals surface area (Å²) in [6.07, 6.45) is 0. The molecule has 1 amide bonds. The summed E-state index contributed by atoms with van der Waals surface area (Å²) < 4.78 is 10.4. The lowest BCUT2D eigenvalue weighted by atomic mass is 10.2.